The molecule has 0 amide bonds. The van der Waals surface area contributed by atoms with Crippen LogP contribution in [0, 0.1) is 0 Å². The lowest BCUT2D eigenvalue weighted by Gasteiger charge is -2.24. The summed E-state index contributed by atoms with van der Waals surface area (Å²) in [6, 6.07) is 0. The van der Waals surface area contributed by atoms with E-state index in [0.29, 0.717) is 25.7 Å². The molecular weight excluding hydrogens is 939 g/mol. The summed E-state index contributed by atoms with van der Waals surface area (Å²) < 4.78 is 30.0. The number of nitrogens with zero attached hydrogens (tertiary/aromatic N) is 1. The standard InChI is InChI=1S/C65H117NO9/c1-6-9-12-15-18-21-24-27-30-33-36-39-42-45-48-52-60(68)73-63-58(57-71-59(67)55-51-56-66(4)5)72-65(75-62(70)54-50-47-44-41-38-35-32-29-26-23-20-17-14-11-8-3)64(63)74-61(69)53-49-46-43-40-37-34-31-28-25-22-19-16-13-10-7-2/h27-32,58,63-65H,6-26,33-57H2,1-5H3/b30-27+,31-28+,32-29-. The van der Waals surface area contributed by atoms with Crippen LogP contribution in [-0.2, 0) is 42.9 Å². The zero-order valence-electron chi connectivity index (χ0n) is 49.4. The maximum atomic E-state index is 13.5. The SMILES string of the molecule is CCCCCCCC/C=C\CCCCCCCC(=O)OC1OC(COC(=O)CCCN(C)C)C(OC(=O)CCCCCCC/C=C/CCCCCCCC)C1OC(=O)CCCCCCC/C=C/CCCCCCCC. The second kappa shape index (κ2) is 53.0. The first kappa shape index (κ1) is 70.0. The summed E-state index contributed by atoms with van der Waals surface area (Å²) in [6.45, 7) is 7.27. The molecule has 1 rings (SSSR count). The van der Waals surface area contributed by atoms with E-state index in [-0.39, 0.29) is 32.3 Å². The van der Waals surface area contributed by atoms with Crippen LogP contribution in [0.25, 0.3) is 0 Å². The predicted molar refractivity (Wildman–Crippen MR) is 312 cm³/mol. The van der Waals surface area contributed by atoms with Gasteiger partial charge in [-0.05, 0) is 123 Å². The Morgan fingerprint density at radius 2 is 0.653 bits per heavy atom. The molecule has 1 fully saturated rings. The van der Waals surface area contributed by atoms with Crippen molar-refractivity contribution in [3.63, 3.8) is 0 Å². The minimum atomic E-state index is -1.30. The third-order valence-corrected chi connectivity index (χ3v) is 14.4. The molecule has 1 aliphatic heterocycles. The van der Waals surface area contributed by atoms with Gasteiger partial charge >= 0.3 is 23.9 Å². The Bertz CT molecular complexity index is 1430. The molecule has 0 spiro atoms. The van der Waals surface area contributed by atoms with Crippen molar-refractivity contribution in [1.29, 1.82) is 0 Å². The number of ether oxygens (including phenoxy) is 5. The molecule has 0 saturated carbocycles. The summed E-state index contributed by atoms with van der Waals surface area (Å²) in [4.78, 5) is 55.3. The Balaban J connectivity index is 2.82. The highest BCUT2D eigenvalue weighted by Crippen LogP contribution is 2.30. The van der Waals surface area contributed by atoms with E-state index in [1.54, 1.807) is 0 Å². The molecule has 1 saturated heterocycles. The summed E-state index contributed by atoms with van der Waals surface area (Å²) in [6.07, 6.45) is 55.8. The molecule has 0 bridgehead atoms. The third-order valence-electron chi connectivity index (χ3n) is 14.4. The van der Waals surface area contributed by atoms with Crippen molar-refractivity contribution < 1.29 is 42.9 Å². The molecule has 4 atom stereocenters. The van der Waals surface area contributed by atoms with Crippen molar-refractivity contribution in [2.45, 2.75) is 328 Å². The number of esters is 4. The van der Waals surface area contributed by atoms with Crippen molar-refractivity contribution in [2.75, 3.05) is 27.2 Å². The van der Waals surface area contributed by atoms with Gasteiger partial charge in [0, 0.05) is 25.7 Å². The molecule has 4 unspecified atom stereocenters. The van der Waals surface area contributed by atoms with E-state index >= 15 is 0 Å². The van der Waals surface area contributed by atoms with Gasteiger partial charge in [0.2, 0.25) is 12.4 Å². The fourth-order valence-corrected chi connectivity index (χ4v) is 9.61. The molecule has 0 aromatic heterocycles. The molecule has 0 N–H and O–H groups in total. The first-order valence-corrected chi connectivity index (χ1v) is 31.7. The van der Waals surface area contributed by atoms with E-state index < -0.39 is 48.5 Å². The van der Waals surface area contributed by atoms with Crippen molar-refractivity contribution in [3.05, 3.63) is 36.5 Å². The fraction of sp³-hybridized carbons (Fsp3) is 0.846. The maximum Gasteiger partial charge on any atom is 0.308 e. The molecule has 1 heterocycles. The Morgan fingerprint density at radius 3 is 1.00 bits per heavy atom. The Hall–Kier alpha value is -2.98. The van der Waals surface area contributed by atoms with Gasteiger partial charge in [0.15, 0.2) is 6.10 Å². The van der Waals surface area contributed by atoms with Gasteiger partial charge in [-0.15, -0.1) is 0 Å². The second-order valence-corrected chi connectivity index (χ2v) is 22.0. The second-order valence-electron chi connectivity index (χ2n) is 22.0. The van der Waals surface area contributed by atoms with Crippen molar-refractivity contribution in [3.8, 4) is 0 Å². The van der Waals surface area contributed by atoms with Crippen LogP contribution in [0.3, 0.4) is 0 Å². The molecule has 0 radical (unpaired) electrons. The van der Waals surface area contributed by atoms with E-state index in [9.17, 15) is 19.2 Å². The van der Waals surface area contributed by atoms with Crippen LogP contribution in [0.1, 0.15) is 303 Å². The number of hydrogen-bond acceptors (Lipinski definition) is 10. The number of allylic oxidation sites excluding steroid dienone is 6. The van der Waals surface area contributed by atoms with Crippen LogP contribution in [0.4, 0.5) is 0 Å². The minimum absolute atomic E-state index is 0.186. The van der Waals surface area contributed by atoms with E-state index in [4.69, 9.17) is 23.7 Å². The molecule has 0 aromatic rings. The minimum Gasteiger partial charge on any atom is -0.463 e. The maximum absolute atomic E-state index is 13.5. The normalized spacial score (nSPS) is 16.8. The van der Waals surface area contributed by atoms with Crippen LogP contribution in [0.5, 0.6) is 0 Å². The highest BCUT2D eigenvalue weighted by molar-refractivity contribution is 5.72. The van der Waals surface area contributed by atoms with Crippen molar-refractivity contribution in [1.82, 2.24) is 4.90 Å². The topological polar surface area (TPSA) is 118 Å². The summed E-state index contributed by atoms with van der Waals surface area (Å²) in [7, 11) is 3.90. The van der Waals surface area contributed by atoms with E-state index in [2.05, 4.69) is 57.2 Å². The van der Waals surface area contributed by atoms with Crippen molar-refractivity contribution >= 4 is 23.9 Å². The number of unbranched alkanes of at least 4 members (excludes halogenated alkanes) is 33. The van der Waals surface area contributed by atoms with Gasteiger partial charge in [-0.25, -0.2) is 0 Å². The van der Waals surface area contributed by atoms with Crippen LogP contribution < -0.4 is 0 Å². The molecule has 1 aliphatic rings. The van der Waals surface area contributed by atoms with Crippen LogP contribution in [-0.4, -0.2) is 80.6 Å². The third kappa shape index (κ3) is 44.7. The lowest BCUT2D eigenvalue weighted by Crippen LogP contribution is -2.42. The molecule has 10 heteroatoms. The number of hydrogen-bond donors (Lipinski definition) is 0. The smallest absolute Gasteiger partial charge is 0.308 e. The molecule has 0 aliphatic carbocycles. The zero-order chi connectivity index (χ0) is 54.5. The fourth-order valence-electron chi connectivity index (χ4n) is 9.61. The van der Waals surface area contributed by atoms with Crippen LogP contribution in [0.15, 0.2) is 36.5 Å². The van der Waals surface area contributed by atoms with E-state index in [1.165, 1.54) is 135 Å². The molecule has 436 valence electrons. The first-order valence-electron chi connectivity index (χ1n) is 31.7. The number of carbonyl (C=O) groups excluding carboxylic acids is 4. The van der Waals surface area contributed by atoms with Gasteiger partial charge in [0.1, 0.15) is 12.7 Å². The van der Waals surface area contributed by atoms with Gasteiger partial charge in [0.25, 0.3) is 0 Å². The van der Waals surface area contributed by atoms with Crippen molar-refractivity contribution in [2.24, 2.45) is 0 Å². The van der Waals surface area contributed by atoms with E-state index in [1.807, 2.05) is 19.0 Å². The lowest BCUT2D eigenvalue weighted by molar-refractivity contribution is -0.200. The average Bonchev–Trinajstić information content (AvgIpc) is 3.69. The van der Waals surface area contributed by atoms with Crippen LogP contribution in [0.2, 0.25) is 0 Å². The van der Waals surface area contributed by atoms with Gasteiger partial charge in [-0.1, -0.05) is 211 Å². The Morgan fingerprint density at radius 1 is 0.360 bits per heavy atom. The zero-order valence-corrected chi connectivity index (χ0v) is 49.4. The first-order chi connectivity index (χ1) is 36.7. The molecule has 0 aromatic carbocycles. The quantitative estimate of drug-likeness (QED) is 0.0252. The van der Waals surface area contributed by atoms with Gasteiger partial charge in [0.05, 0.1) is 0 Å². The highest BCUT2D eigenvalue weighted by Gasteiger charge is 2.52. The summed E-state index contributed by atoms with van der Waals surface area (Å²) >= 11 is 0. The molecular formula is C65H117NO9. The van der Waals surface area contributed by atoms with Gasteiger partial charge in [-0.3, -0.25) is 19.2 Å². The summed E-state index contributed by atoms with van der Waals surface area (Å²) in [5.41, 5.74) is 0. The molecule has 10 nitrogen and oxygen atoms in total. The number of carbonyl (C=O) groups is 4. The lowest BCUT2D eigenvalue weighted by atomic mass is 10.1. The monoisotopic (exact) mass is 1060 g/mol. The van der Waals surface area contributed by atoms with E-state index in [0.717, 1.165) is 103 Å². The largest absolute Gasteiger partial charge is 0.463 e. The highest BCUT2D eigenvalue weighted by atomic mass is 16.8. The van der Waals surface area contributed by atoms with Gasteiger partial charge < -0.3 is 28.6 Å². The summed E-state index contributed by atoms with van der Waals surface area (Å²) in [5, 5.41) is 0. The van der Waals surface area contributed by atoms with Gasteiger partial charge in [-0.2, -0.15) is 0 Å². The summed E-state index contributed by atoms with van der Waals surface area (Å²) in [5.74, 6) is -1.77. The number of rotatable bonds is 54. The average molecular weight is 1060 g/mol. The Kier molecular flexibility index (Phi) is 49.5. The molecule has 75 heavy (non-hydrogen) atoms. The predicted octanol–water partition coefficient (Wildman–Crippen LogP) is 18.1. The van der Waals surface area contributed by atoms with Crippen LogP contribution >= 0.6 is 0 Å². The Labute approximate surface area is 461 Å².